The molecule has 0 spiro atoms. The van der Waals surface area contributed by atoms with Gasteiger partial charge in [0.2, 0.25) is 0 Å². The van der Waals surface area contributed by atoms with E-state index in [0.717, 1.165) is 50.4 Å². The molecule has 2 aromatic carbocycles. The largest absolute Gasteiger partial charge is 0.494 e. The summed E-state index contributed by atoms with van der Waals surface area (Å²) in [7, 11) is 0. The van der Waals surface area contributed by atoms with Crippen LogP contribution in [0.4, 0.5) is 0 Å². The highest BCUT2D eigenvalue weighted by molar-refractivity contribution is 5.76. The van der Waals surface area contributed by atoms with E-state index in [-0.39, 0.29) is 0 Å². The average molecular weight is 381 g/mol. The first-order valence-electron chi connectivity index (χ1n) is 11.3. The van der Waals surface area contributed by atoms with Crippen LogP contribution in [-0.4, -0.2) is 13.2 Å². The third-order valence-electron chi connectivity index (χ3n) is 5.67. The first-order chi connectivity index (χ1) is 13.8. The Morgan fingerprint density at radius 1 is 0.714 bits per heavy atom. The molecule has 0 radical (unpaired) electrons. The van der Waals surface area contributed by atoms with E-state index in [4.69, 9.17) is 9.47 Å². The van der Waals surface area contributed by atoms with Crippen LogP contribution in [0.25, 0.3) is 11.1 Å². The highest BCUT2D eigenvalue weighted by Gasteiger charge is 2.19. The minimum atomic E-state index is 0.819. The Bertz CT molecular complexity index is 735. The number of benzene rings is 2. The molecule has 0 saturated carbocycles. The molecule has 2 heteroatoms. The Labute approximate surface area is 171 Å². The van der Waals surface area contributed by atoms with Gasteiger partial charge in [0.25, 0.3) is 0 Å². The van der Waals surface area contributed by atoms with Gasteiger partial charge in [-0.2, -0.15) is 0 Å². The lowest BCUT2D eigenvalue weighted by Gasteiger charge is -2.23. The lowest BCUT2D eigenvalue weighted by molar-refractivity contribution is 0.301. The fraction of sp³-hybridized carbons (Fsp3) is 0.538. The summed E-state index contributed by atoms with van der Waals surface area (Å²) in [4.78, 5) is 0. The van der Waals surface area contributed by atoms with Crippen molar-refractivity contribution in [3.63, 3.8) is 0 Å². The van der Waals surface area contributed by atoms with E-state index in [1.54, 1.807) is 0 Å². The van der Waals surface area contributed by atoms with Crippen LogP contribution >= 0.6 is 0 Å². The van der Waals surface area contributed by atoms with Crippen molar-refractivity contribution in [2.45, 2.75) is 78.1 Å². The van der Waals surface area contributed by atoms with Gasteiger partial charge >= 0.3 is 0 Å². The van der Waals surface area contributed by atoms with Gasteiger partial charge in [-0.3, -0.25) is 0 Å². The first-order valence-corrected chi connectivity index (χ1v) is 11.3. The van der Waals surface area contributed by atoms with Crippen LogP contribution in [0.5, 0.6) is 11.5 Å². The lowest BCUT2D eigenvalue weighted by Crippen LogP contribution is -2.08. The molecule has 0 amide bonds. The van der Waals surface area contributed by atoms with Gasteiger partial charge in [0, 0.05) is 5.56 Å². The predicted octanol–water partition coefficient (Wildman–Crippen LogP) is 7.37. The molecule has 0 N–H and O–H groups in total. The number of fused-ring (bicyclic) bond motifs is 3. The summed E-state index contributed by atoms with van der Waals surface area (Å²) in [5, 5.41) is 0. The monoisotopic (exact) mass is 380 g/mol. The molecule has 0 fully saturated rings. The summed E-state index contributed by atoms with van der Waals surface area (Å²) in [5.74, 6) is 2.09. The molecule has 0 bridgehead atoms. The number of aryl methyl sites for hydroxylation is 1. The van der Waals surface area contributed by atoms with Crippen molar-refractivity contribution in [3.05, 3.63) is 47.5 Å². The molecular formula is C26H36O2. The van der Waals surface area contributed by atoms with E-state index < -0.39 is 0 Å². The molecule has 0 heterocycles. The SMILES string of the molecule is CCCCCCCOc1cccc2c1CCc1cc(OCCCCC)ccc1-2. The zero-order valence-corrected chi connectivity index (χ0v) is 17.8. The fourth-order valence-electron chi connectivity index (χ4n) is 4.03. The summed E-state index contributed by atoms with van der Waals surface area (Å²) in [6, 6.07) is 13.1. The van der Waals surface area contributed by atoms with Crippen LogP contribution in [0.3, 0.4) is 0 Å². The van der Waals surface area contributed by atoms with E-state index in [1.807, 2.05) is 0 Å². The van der Waals surface area contributed by atoms with Gasteiger partial charge in [-0.15, -0.1) is 0 Å². The normalized spacial score (nSPS) is 12.4. The molecular weight excluding hydrogens is 344 g/mol. The molecule has 0 unspecified atom stereocenters. The highest BCUT2D eigenvalue weighted by Crippen LogP contribution is 2.39. The van der Waals surface area contributed by atoms with Gasteiger partial charge < -0.3 is 9.47 Å². The third kappa shape index (κ3) is 5.53. The van der Waals surface area contributed by atoms with E-state index >= 15 is 0 Å². The maximum absolute atomic E-state index is 6.17. The fourth-order valence-corrected chi connectivity index (χ4v) is 4.03. The van der Waals surface area contributed by atoms with E-state index in [1.165, 1.54) is 60.8 Å². The quantitative estimate of drug-likeness (QED) is 0.358. The number of hydrogen-bond donors (Lipinski definition) is 0. The Kier molecular flexibility index (Phi) is 8.26. The van der Waals surface area contributed by atoms with Crippen LogP contribution in [0, 0.1) is 0 Å². The van der Waals surface area contributed by atoms with Crippen molar-refractivity contribution in [1.82, 2.24) is 0 Å². The summed E-state index contributed by atoms with van der Waals surface area (Å²) in [6.45, 7) is 6.13. The number of rotatable bonds is 12. The lowest BCUT2D eigenvalue weighted by atomic mass is 9.85. The molecule has 1 aliphatic rings. The smallest absolute Gasteiger partial charge is 0.123 e. The molecule has 1 aliphatic carbocycles. The van der Waals surface area contributed by atoms with E-state index in [0.29, 0.717) is 0 Å². The summed E-state index contributed by atoms with van der Waals surface area (Å²) in [6.07, 6.45) is 12.1. The molecule has 2 aromatic rings. The third-order valence-corrected chi connectivity index (χ3v) is 5.67. The van der Waals surface area contributed by atoms with Gasteiger partial charge in [0.05, 0.1) is 13.2 Å². The molecule has 0 saturated heterocycles. The van der Waals surface area contributed by atoms with E-state index in [9.17, 15) is 0 Å². The second kappa shape index (κ2) is 11.1. The van der Waals surface area contributed by atoms with Crippen molar-refractivity contribution in [1.29, 1.82) is 0 Å². The van der Waals surface area contributed by atoms with Gasteiger partial charge in [-0.05, 0) is 60.6 Å². The first kappa shape index (κ1) is 20.8. The number of unbranched alkanes of at least 4 members (excludes halogenated alkanes) is 6. The zero-order valence-electron chi connectivity index (χ0n) is 17.8. The van der Waals surface area contributed by atoms with Gasteiger partial charge in [-0.1, -0.05) is 70.6 Å². The summed E-state index contributed by atoms with van der Waals surface area (Å²) in [5.41, 5.74) is 5.45. The van der Waals surface area contributed by atoms with Crippen molar-refractivity contribution in [2.75, 3.05) is 13.2 Å². The van der Waals surface area contributed by atoms with Crippen LogP contribution in [0.1, 0.15) is 76.3 Å². The zero-order chi connectivity index (χ0) is 19.6. The van der Waals surface area contributed by atoms with Crippen molar-refractivity contribution in [2.24, 2.45) is 0 Å². The number of hydrogen-bond acceptors (Lipinski definition) is 2. The summed E-state index contributed by atoms with van der Waals surface area (Å²) < 4.78 is 12.1. The molecule has 0 aromatic heterocycles. The van der Waals surface area contributed by atoms with E-state index in [2.05, 4.69) is 50.2 Å². The highest BCUT2D eigenvalue weighted by atomic mass is 16.5. The van der Waals surface area contributed by atoms with Crippen LogP contribution in [-0.2, 0) is 12.8 Å². The minimum Gasteiger partial charge on any atom is -0.494 e. The maximum Gasteiger partial charge on any atom is 0.123 e. The second-order valence-electron chi connectivity index (χ2n) is 7.92. The second-order valence-corrected chi connectivity index (χ2v) is 7.92. The van der Waals surface area contributed by atoms with Crippen molar-refractivity contribution < 1.29 is 9.47 Å². The molecule has 3 rings (SSSR count). The Morgan fingerprint density at radius 2 is 1.46 bits per heavy atom. The average Bonchev–Trinajstić information content (AvgIpc) is 2.73. The Hall–Kier alpha value is -1.96. The maximum atomic E-state index is 6.17. The molecule has 0 atom stereocenters. The van der Waals surface area contributed by atoms with Gasteiger partial charge in [0.15, 0.2) is 0 Å². The summed E-state index contributed by atoms with van der Waals surface area (Å²) >= 11 is 0. The van der Waals surface area contributed by atoms with Gasteiger partial charge in [-0.25, -0.2) is 0 Å². The van der Waals surface area contributed by atoms with Crippen LogP contribution in [0.15, 0.2) is 36.4 Å². The predicted molar refractivity (Wildman–Crippen MR) is 119 cm³/mol. The Balaban J connectivity index is 1.63. The molecule has 152 valence electrons. The van der Waals surface area contributed by atoms with Gasteiger partial charge in [0.1, 0.15) is 11.5 Å². The van der Waals surface area contributed by atoms with Crippen LogP contribution in [0.2, 0.25) is 0 Å². The van der Waals surface area contributed by atoms with Crippen LogP contribution < -0.4 is 9.47 Å². The van der Waals surface area contributed by atoms with Crippen molar-refractivity contribution >= 4 is 0 Å². The topological polar surface area (TPSA) is 18.5 Å². The number of ether oxygens (including phenoxy) is 2. The minimum absolute atomic E-state index is 0.819. The molecule has 28 heavy (non-hydrogen) atoms. The van der Waals surface area contributed by atoms with Crippen molar-refractivity contribution in [3.8, 4) is 22.6 Å². The Morgan fingerprint density at radius 3 is 2.32 bits per heavy atom. The molecule has 0 aliphatic heterocycles. The molecule has 2 nitrogen and oxygen atoms in total. The standard InChI is InChI=1S/C26H36O2/c1-3-5-7-8-10-19-28-26-13-11-12-24-23-17-15-22(27-18-9-6-4-2)20-21(23)14-16-25(24)26/h11-13,15,17,20H,3-10,14,16,18-19H2,1-2H3.